The van der Waals surface area contributed by atoms with Crippen molar-refractivity contribution in [3.63, 3.8) is 0 Å². The number of hydrogen-bond donors (Lipinski definition) is 0. The molecule has 2 aromatic rings. The van der Waals surface area contributed by atoms with Crippen LogP contribution in [0.2, 0.25) is 0 Å². The van der Waals surface area contributed by atoms with Gasteiger partial charge in [0.05, 0.1) is 6.61 Å². The molecule has 0 atom stereocenters. The topological polar surface area (TPSA) is 44.2 Å². The second kappa shape index (κ2) is 5.81. The summed E-state index contributed by atoms with van der Waals surface area (Å²) in [6, 6.07) is 7.77. The van der Waals surface area contributed by atoms with Crippen molar-refractivity contribution in [1.82, 2.24) is 9.97 Å². The van der Waals surface area contributed by atoms with Crippen LogP contribution in [-0.2, 0) is 0 Å². The highest BCUT2D eigenvalue weighted by Gasteiger charge is 2.06. The molecule has 5 heteroatoms. The van der Waals surface area contributed by atoms with Crippen molar-refractivity contribution >= 4 is 22.6 Å². The first-order valence-electron chi connectivity index (χ1n) is 5.17. The second-order valence-corrected chi connectivity index (χ2v) is 4.41. The van der Waals surface area contributed by atoms with E-state index in [0.29, 0.717) is 24.1 Å². The van der Waals surface area contributed by atoms with Gasteiger partial charge in [0.15, 0.2) is 11.5 Å². The van der Waals surface area contributed by atoms with Gasteiger partial charge in [0.25, 0.3) is 0 Å². The SMILES string of the molecule is CCOc1ccccc1Oc1ncc(I)cn1. The zero-order chi connectivity index (χ0) is 12.1. The Labute approximate surface area is 113 Å². The number of ether oxygens (including phenoxy) is 2. The molecule has 0 fully saturated rings. The molecule has 2 rings (SSSR count). The average molecular weight is 342 g/mol. The van der Waals surface area contributed by atoms with Crippen LogP contribution in [0.25, 0.3) is 0 Å². The van der Waals surface area contributed by atoms with Crippen LogP contribution in [0.4, 0.5) is 0 Å². The van der Waals surface area contributed by atoms with Crippen LogP contribution in [0.1, 0.15) is 6.92 Å². The van der Waals surface area contributed by atoms with Gasteiger partial charge in [-0.2, -0.15) is 0 Å². The maximum Gasteiger partial charge on any atom is 0.322 e. The van der Waals surface area contributed by atoms with Crippen molar-refractivity contribution in [3.8, 4) is 17.5 Å². The van der Waals surface area contributed by atoms with Crippen molar-refractivity contribution in [2.45, 2.75) is 6.92 Å². The predicted octanol–water partition coefficient (Wildman–Crippen LogP) is 3.27. The van der Waals surface area contributed by atoms with E-state index in [0.717, 1.165) is 3.57 Å². The smallest absolute Gasteiger partial charge is 0.322 e. The molecular formula is C12H11IN2O2. The number of rotatable bonds is 4. The number of benzene rings is 1. The third kappa shape index (κ3) is 3.29. The Morgan fingerprint density at radius 1 is 1.12 bits per heavy atom. The third-order valence-electron chi connectivity index (χ3n) is 1.95. The Bertz CT molecular complexity index is 488. The van der Waals surface area contributed by atoms with E-state index in [1.807, 2.05) is 31.2 Å². The van der Waals surface area contributed by atoms with E-state index >= 15 is 0 Å². The second-order valence-electron chi connectivity index (χ2n) is 3.17. The summed E-state index contributed by atoms with van der Waals surface area (Å²) in [6.45, 7) is 2.52. The largest absolute Gasteiger partial charge is 0.490 e. The van der Waals surface area contributed by atoms with Crippen molar-refractivity contribution < 1.29 is 9.47 Å². The summed E-state index contributed by atoms with van der Waals surface area (Å²) in [4.78, 5) is 8.16. The maximum atomic E-state index is 5.57. The lowest BCUT2D eigenvalue weighted by Gasteiger charge is -2.09. The molecule has 0 bridgehead atoms. The molecular weight excluding hydrogens is 331 g/mol. The van der Waals surface area contributed by atoms with Gasteiger partial charge in [-0.1, -0.05) is 12.1 Å². The predicted molar refractivity (Wildman–Crippen MR) is 72.4 cm³/mol. The Kier molecular flexibility index (Phi) is 4.13. The van der Waals surface area contributed by atoms with Gasteiger partial charge in [-0.05, 0) is 41.6 Å². The summed E-state index contributed by atoms with van der Waals surface area (Å²) in [5.74, 6) is 1.31. The minimum Gasteiger partial charge on any atom is -0.490 e. The number of nitrogens with zero attached hydrogens (tertiary/aromatic N) is 2. The summed E-state index contributed by atoms with van der Waals surface area (Å²) in [5, 5.41) is 0. The summed E-state index contributed by atoms with van der Waals surface area (Å²) in [5.41, 5.74) is 0. The molecule has 1 aromatic carbocycles. The van der Waals surface area contributed by atoms with Crippen LogP contribution in [0.15, 0.2) is 36.7 Å². The molecule has 0 unspecified atom stereocenters. The summed E-state index contributed by atoms with van der Waals surface area (Å²) < 4.78 is 12.0. The van der Waals surface area contributed by atoms with Gasteiger partial charge in [0, 0.05) is 16.0 Å². The lowest BCUT2D eigenvalue weighted by Crippen LogP contribution is -1.96. The average Bonchev–Trinajstić information content (AvgIpc) is 2.35. The summed E-state index contributed by atoms with van der Waals surface area (Å²) in [6.07, 6.45) is 3.40. The molecule has 0 spiro atoms. The van der Waals surface area contributed by atoms with Crippen LogP contribution in [0, 0.1) is 3.57 Å². The van der Waals surface area contributed by atoms with E-state index in [9.17, 15) is 0 Å². The van der Waals surface area contributed by atoms with Gasteiger partial charge in [0.1, 0.15) is 0 Å². The van der Waals surface area contributed by atoms with Gasteiger partial charge >= 0.3 is 6.01 Å². The molecule has 0 aliphatic heterocycles. The van der Waals surface area contributed by atoms with Gasteiger partial charge in [-0.3, -0.25) is 0 Å². The zero-order valence-corrected chi connectivity index (χ0v) is 11.4. The summed E-state index contributed by atoms with van der Waals surface area (Å²) in [7, 11) is 0. The highest BCUT2D eigenvalue weighted by molar-refractivity contribution is 14.1. The number of para-hydroxylation sites is 2. The number of hydrogen-bond acceptors (Lipinski definition) is 4. The fraction of sp³-hybridized carbons (Fsp3) is 0.167. The molecule has 1 heterocycles. The fourth-order valence-corrected chi connectivity index (χ4v) is 1.54. The fourth-order valence-electron chi connectivity index (χ4n) is 1.26. The Morgan fingerprint density at radius 2 is 1.76 bits per heavy atom. The first-order chi connectivity index (χ1) is 8.29. The first-order valence-corrected chi connectivity index (χ1v) is 6.24. The molecule has 4 nitrogen and oxygen atoms in total. The van der Waals surface area contributed by atoms with E-state index in [4.69, 9.17) is 9.47 Å². The molecule has 1 aromatic heterocycles. The van der Waals surface area contributed by atoms with Crippen molar-refractivity contribution in [1.29, 1.82) is 0 Å². The van der Waals surface area contributed by atoms with Crippen molar-refractivity contribution in [3.05, 3.63) is 40.2 Å². The minimum atomic E-state index is 0.317. The lowest BCUT2D eigenvalue weighted by molar-refractivity contribution is 0.317. The van der Waals surface area contributed by atoms with Crippen LogP contribution in [0.5, 0.6) is 17.5 Å². The first kappa shape index (κ1) is 12.1. The molecule has 17 heavy (non-hydrogen) atoms. The van der Waals surface area contributed by atoms with Crippen LogP contribution >= 0.6 is 22.6 Å². The maximum absolute atomic E-state index is 5.57. The third-order valence-corrected chi connectivity index (χ3v) is 2.50. The Balaban J connectivity index is 2.20. The van der Waals surface area contributed by atoms with Gasteiger partial charge in [-0.15, -0.1) is 0 Å². The van der Waals surface area contributed by atoms with Gasteiger partial charge in [0.2, 0.25) is 0 Å². The monoisotopic (exact) mass is 342 g/mol. The highest BCUT2D eigenvalue weighted by atomic mass is 127. The molecule has 0 N–H and O–H groups in total. The molecule has 0 aliphatic carbocycles. The summed E-state index contributed by atoms with van der Waals surface area (Å²) >= 11 is 2.14. The molecule has 88 valence electrons. The molecule has 0 radical (unpaired) electrons. The van der Waals surface area contributed by atoms with Crippen LogP contribution < -0.4 is 9.47 Å². The van der Waals surface area contributed by atoms with Gasteiger partial charge in [-0.25, -0.2) is 9.97 Å². The van der Waals surface area contributed by atoms with Crippen molar-refractivity contribution in [2.24, 2.45) is 0 Å². The van der Waals surface area contributed by atoms with Crippen LogP contribution in [-0.4, -0.2) is 16.6 Å². The van der Waals surface area contributed by atoms with E-state index < -0.39 is 0 Å². The Morgan fingerprint density at radius 3 is 2.41 bits per heavy atom. The van der Waals surface area contributed by atoms with Crippen LogP contribution in [0.3, 0.4) is 0 Å². The molecule has 0 aliphatic rings. The van der Waals surface area contributed by atoms with Gasteiger partial charge < -0.3 is 9.47 Å². The van der Waals surface area contributed by atoms with E-state index in [-0.39, 0.29) is 0 Å². The highest BCUT2D eigenvalue weighted by Crippen LogP contribution is 2.29. The number of aromatic nitrogens is 2. The van der Waals surface area contributed by atoms with Crippen molar-refractivity contribution in [2.75, 3.05) is 6.61 Å². The zero-order valence-electron chi connectivity index (χ0n) is 9.26. The molecule has 0 saturated carbocycles. The normalized spacial score (nSPS) is 10.0. The molecule has 0 saturated heterocycles. The Hall–Kier alpha value is -1.37. The minimum absolute atomic E-state index is 0.317. The molecule has 0 amide bonds. The quantitative estimate of drug-likeness (QED) is 0.800. The number of halogens is 1. The van der Waals surface area contributed by atoms with E-state index in [2.05, 4.69) is 32.6 Å². The standard InChI is InChI=1S/C12H11IN2O2/c1-2-16-10-5-3-4-6-11(10)17-12-14-7-9(13)8-15-12/h3-8H,2H2,1H3. The van der Waals surface area contributed by atoms with E-state index in [1.165, 1.54) is 0 Å². The lowest BCUT2D eigenvalue weighted by atomic mass is 10.3. The van der Waals surface area contributed by atoms with E-state index in [1.54, 1.807) is 12.4 Å².